The molecule has 2 amide bonds. The van der Waals surface area contributed by atoms with Gasteiger partial charge in [-0.15, -0.1) is 22.7 Å². The molecule has 0 radical (unpaired) electrons. The Balaban J connectivity index is 0.000000172. The lowest BCUT2D eigenvalue weighted by molar-refractivity contribution is 0.192. The number of nitrogens with zero attached hydrogens (tertiary/aromatic N) is 5. The number of likely N-dealkylation sites (tertiary alicyclic amines) is 2. The second-order valence-electron chi connectivity index (χ2n) is 15.2. The second kappa shape index (κ2) is 19.5. The number of urea groups is 1. The van der Waals surface area contributed by atoms with Gasteiger partial charge in [0.05, 0.1) is 31.1 Å². The Kier molecular flexibility index (Phi) is 14.1. The fourth-order valence-corrected chi connectivity index (χ4v) is 10.1. The molecule has 296 valence electrons. The van der Waals surface area contributed by atoms with Crippen LogP contribution in [0.1, 0.15) is 80.4 Å². The van der Waals surface area contributed by atoms with Crippen LogP contribution in [0.2, 0.25) is 0 Å². The maximum absolute atomic E-state index is 12.1. The average Bonchev–Trinajstić information content (AvgIpc) is 4.03. The third-order valence-electron chi connectivity index (χ3n) is 11.2. The van der Waals surface area contributed by atoms with Crippen LogP contribution in [0.5, 0.6) is 11.5 Å². The molecule has 2 saturated heterocycles. The minimum Gasteiger partial charge on any atom is -0.494 e. The highest BCUT2D eigenvalue weighted by Crippen LogP contribution is 2.33. The van der Waals surface area contributed by atoms with Crippen LogP contribution >= 0.6 is 22.7 Å². The first kappa shape index (κ1) is 39.7. The Morgan fingerprint density at radius 2 is 1.33 bits per heavy atom. The summed E-state index contributed by atoms with van der Waals surface area (Å²) in [6, 6.07) is 18.1. The highest BCUT2D eigenvalue weighted by molar-refractivity contribution is 7.15. The quantitative estimate of drug-likeness (QED) is 0.133. The average molecular weight is 786 g/mol. The van der Waals surface area contributed by atoms with Crippen molar-refractivity contribution >= 4 is 28.7 Å². The van der Waals surface area contributed by atoms with Crippen molar-refractivity contribution < 1.29 is 14.3 Å². The van der Waals surface area contributed by atoms with Gasteiger partial charge in [-0.25, -0.2) is 14.8 Å². The molecule has 2 fully saturated rings. The number of hydrogen-bond acceptors (Lipinski definition) is 10. The highest BCUT2D eigenvalue weighted by Gasteiger charge is 2.25. The second-order valence-corrected chi connectivity index (χ2v) is 17.4. The van der Waals surface area contributed by atoms with Crippen molar-refractivity contribution in [2.24, 2.45) is 0 Å². The number of nitrogens with one attached hydrogen (secondary N) is 2. The lowest BCUT2D eigenvalue weighted by Gasteiger charge is -2.25. The fourth-order valence-electron chi connectivity index (χ4n) is 7.96. The molecule has 0 aliphatic carbocycles. The first-order valence-electron chi connectivity index (χ1n) is 20.6. The Labute approximate surface area is 335 Å². The van der Waals surface area contributed by atoms with Crippen LogP contribution in [0, 0.1) is 0 Å². The molecule has 55 heavy (non-hydrogen) atoms. The third kappa shape index (κ3) is 10.7. The van der Waals surface area contributed by atoms with Gasteiger partial charge in [0.25, 0.3) is 0 Å². The molecule has 2 aromatic heterocycles. The topological polar surface area (TPSA) is 95.1 Å². The van der Waals surface area contributed by atoms with E-state index in [1.807, 2.05) is 35.3 Å². The summed E-state index contributed by atoms with van der Waals surface area (Å²) < 4.78 is 11.9. The predicted molar refractivity (Wildman–Crippen MR) is 224 cm³/mol. The van der Waals surface area contributed by atoms with Crippen molar-refractivity contribution in [3.8, 4) is 32.6 Å². The predicted octanol–water partition coefficient (Wildman–Crippen LogP) is 7.86. The van der Waals surface area contributed by atoms with Crippen molar-refractivity contribution in [1.29, 1.82) is 0 Å². The van der Waals surface area contributed by atoms with Gasteiger partial charge in [0, 0.05) is 78.7 Å². The van der Waals surface area contributed by atoms with E-state index in [2.05, 4.69) is 70.7 Å². The number of aromatic nitrogens is 2. The van der Waals surface area contributed by atoms with Crippen LogP contribution in [0.15, 0.2) is 48.5 Å². The van der Waals surface area contributed by atoms with E-state index in [1.54, 1.807) is 11.3 Å². The van der Waals surface area contributed by atoms with Crippen LogP contribution in [-0.2, 0) is 25.9 Å². The number of amides is 2. The van der Waals surface area contributed by atoms with E-state index in [1.165, 1.54) is 59.8 Å². The first-order chi connectivity index (χ1) is 26.9. The van der Waals surface area contributed by atoms with Gasteiger partial charge in [-0.3, -0.25) is 0 Å². The molecule has 2 N–H and O–H groups in total. The lowest BCUT2D eigenvalue weighted by atomic mass is 10.2. The molecule has 12 heteroatoms. The van der Waals surface area contributed by atoms with Crippen LogP contribution in [-0.4, -0.2) is 102 Å². The molecular weight excluding hydrogens is 727 g/mol. The summed E-state index contributed by atoms with van der Waals surface area (Å²) in [5.74, 6) is 1.87. The number of hydrogen-bond donors (Lipinski definition) is 2. The van der Waals surface area contributed by atoms with E-state index in [9.17, 15) is 4.79 Å². The summed E-state index contributed by atoms with van der Waals surface area (Å²) in [4.78, 5) is 31.4. The van der Waals surface area contributed by atoms with Crippen molar-refractivity contribution in [1.82, 2.24) is 35.3 Å². The van der Waals surface area contributed by atoms with Crippen LogP contribution in [0.4, 0.5) is 4.79 Å². The van der Waals surface area contributed by atoms with Crippen LogP contribution < -0.4 is 20.1 Å². The van der Waals surface area contributed by atoms with Crippen molar-refractivity contribution in [2.45, 2.75) is 97.3 Å². The summed E-state index contributed by atoms with van der Waals surface area (Å²) in [6.45, 7) is 16.9. The molecule has 4 aliphatic rings. The first-order valence-corrected chi connectivity index (χ1v) is 22.2. The third-order valence-corrected chi connectivity index (χ3v) is 13.7. The van der Waals surface area contributed by atoms with E-state index in [0.717, 1.165) is 116 Å². The van der Waals surface area contributed by atoms with Gasteiger partial charge in [-0.2, -0.15) is 0 Å². The Hall–Kier alpha value is -3.55. The standard InChI is InChI=1S/C23H32N4O2S.C20H27N3OS/c1-3-24-23(28)27-14-11-21-20(16-27)25-22(30-21)18-7-9-19(10-8-18)29-15-5-13-26-12-4-6-17(26)2;1-15-4-2-11-23(15)12-3-13-24-17-7-5-16(6-8-17)20-22-18-14-21-10-9-19(18)25-20/h7-10,17H,3-6,11-16H2,1-2H3,(H,24,28);5-8,15,21H,2-4,9-14H2,1H3/t17-;15-/m11/s1. The molecule has 4 aromatic rings. The lowest BCUT2D eigenvalue weighted by Crippen LogP contribution is -2.42. The molecule has 0 saturated carbocycles. The number of benzene rings is 2. The van der Waals surface area contributed by atoms with Crippen LogP contribution in [0.25, 0.3) is 21.1 Å². The van der Waals surface area contributed by atoms with Gasteiger partial charge >= 0.3 is 6.03 Å². The minimum absolute atomic E-state index is 0.00149. The summed E-state index contributed by atoms with van der Waals surface area (Å²) in [5, 5.41) is 8.41. The van der Waals surface area contributed by atoms with Crippen LogP contribution in [0.3, 0.4) is 0 Å². The fraction of sp³-hybridized carbons (Fsp3) is 0.558. The highest BCUT2D eigenvalue weighted by atomic mass is 32.1. The van der Waals surface area contributed by atoms with Gasteiger partial charge in [0.15, 0.2) is 0 Å². The molecule has 0 unspecified atom stereocenters. The van der Waals surface area contributed by atoms with Gasteiger partial charge in [0.1, 0.15) is 21.5 Å². The Morgan fingerprint density at radius 1 is 0.782 bits per heavy atom. The van der Waals surface area contributed by atoms with Crippen molar-refractivity contribution in [2.75, 3.05) is 59.0 Å². The maximum atomic E-state index is 12.1. The summed E-state index contributed by atoms with van der Waals surface area (Å²) in [7, 11) is 0. The zero-order valence-electron chi connectivity index (χ0n) is 33.0. The molecule has 4 aliphatic heterocycles. The summed E-state index contributed by atoms with van der Waals surface area (Å²) in [6.07, 6.45) is 9.48. The number of thiazole rings is 2. The van der Waals surface area contributed by atoms with E-state index < -0.39 is 0 Å². The molecule has 2 aromatic carbocycles. The zero-order valence-corrected chi connectivity index (χ0v) is 34.6. The van der Waals surface area contributed by atoms with Gasteiger partial charge in [-0.05, 0) is 127 Å². The number of ether oxygens (including phenoxy) is 2. The van der Waals surface area contributed by atoms with Crippen molar-refractivity contribution in [3.05, 3.63) is 69.7 Å². The zero-order chi connectivity index (χ0) is 38.0. The largest absolute Gasteiger partial charge is 0.494 e. The molecule has 10 nitrogen and oxygen atoms in total. The number of fused-ring (bicyclic) bond motifs is 2. The maximum Gasteiger partial charge on any atom is 0.317 e. The molecule has 0 spiro atoms. The van der Waals surface area contributed by atoms with Gasteiger partial charge in [-0.1, -0.05) is 0 Å². The molecule has 0 bridgehead atoms. The normalized spacial score (nSPS) is 19.7. The smallest absolute Gasteiger partial charge is 0.317 e. The monoisotopic (exact) mass is 785 g/mol. The van der Waals surface area contributed by atoms with E-state index in [4.69, 9.17) is 19.4 Å². The molecule has 8 rings (SSSR count). The van der Waals surface area contributed by atoms with E-state index in [-0.39, 0.29) is 6.03 Å². The summed E-state index contributed by atoms with van der Waals surface area (Å²) >= 11 is 3.57. The number of rotatable bonds is 13. The van der Waals surface area contributed by atoms with E-state index in [0.29, 0.717) is 13.1 Å². The molecule has 2 atom stereocenters. The SMILES string of the molecule is CCNC(=O)N1CCc2sc(-c3ccc(OCCCN4CCC[C@H]4C)cc3)nc2C1.C[C@@H]1CCCN1CCCOc1ccc(-c2nc3c(s2)CCNC3)cc1. The molecular formula is C43H59N7O3S2. The Morgan fingerprint density at radius 3 is 1.84 bits per heavy atom. The summed E-state index contributed by atoms with van der Waals surface area (Å²) in [5.41, 5.74) is 4.56. The van der Waals surface area contributed by atoms with E-state index >= 15 is 0 Å². The molecule has 6 heterocycles. The van der Waals surface area contributed by atoms with Gasteiger partial charge < -0.3 is 34.8 Å². The number of carbonyl (C=O) groups is 1. The van der Waals surface area contributed by atoms with Crippen molar-refractivity contribution in [3.63, 3.8) is 0 Å². The Bertz CT molecular complexity index is 1790. The number of carbonyl (C=O) groups excluding carboxylic acids is 1. The minimum atomic E-state index is -0.00149. The van der Waals surface area contributed by atoms with Gasteiger partial charge in [0.2, 0.25) is 0 Å².